The number of rotatable bonds is 3. The van der Waals surface area contributed by atoms with Crippen LogP contribution in [0.5, 0.6) is 0 Å². The summed E-state index contributed by atoms with van der Waals surface area (Å²) in [7, 11) is 0. The topological polar surface area (TPSA) is 43.8 Å². The molecule has 2 atom stereocenters. The summed E-state index contributed by atoms with van der Waals surface area (Å²) in [5.41, 5.74) is 5.37. The number of benzene rings is 2. The molecule has 31 heavy (non-hydrogen) atoms. The first kappa shape index (κ1) is 20.8. The molecule has 1 saturated heterocycles. The van der Waals surface area contributed by atoms with Crippen molar-refractivity contribution >= 4 is 17.7 Å². The van der Waals surface area contributed by atoms with Gasteiger partial charge < -0.3 is 14.9 Å². The summed E-state index contributed by atoms with van der Waals surface area (Å²) < 4.78 is 0. The molecule has 0 aromatic heterocycles. The van der Waals surface area contributed by atoms with E-state index in [9.17, 15) is 9.90 Å². The molecule has 1 amide bonds. The molecule has 5 rings (SSSR count). The quantitative estimate of drug-likeness (QED) is 0.666. The van der Waals surface area contributed by atoms with E-state index in [1.807, 2.05) is 26.8 Å². The van der Waals surface area contributed by atoms with Gasteiger partial charge in [0, 0.05) is 47.6 Å². The molecule has 164 valence electrons. The van der Waals surface area contributed by atoms with Crippen molar-refractivity contribution < 1.29 is 9.90 Å². The summed E-state index contributed by atoms with van der Waals surface area (Å²) >= 11 is 6.44. The van der Waals surface area contributed by atoms with Gasteiger partial charge in [0.05, 0.1) is 0 Å². The van der Waals surface area contributed by atoms with E-state index >= 15 is 0 Å². The maximum Gasteiger partial charge on any atom is 0.407 e. The fourth-order valence-electron chi connectivity index (χ4n) is 6.53. The second-order valence-electron chi connectivity index (χ2n) is 10.5. The molecule has 0 radical (unpaired) electrons. The first-order chi connectivity index (χ1) is 14.7. The number of nitrogens with zero attached hydrogens (tertiary/aromatic N) is 2. The number of carbonyl (C=O) groups is 1. The Labute approximate surface area is 189 Å². The predicted molar refractivity (Wildman–Crippen MR) is 124 cm³/mol. The lowest BCUT2D eigenvalue weighted by molar-refractivity contribution is 0.0393. The van der Waals surface area contributed by atoms with Crippen LogP contribution in [0.3, 0.4) is 0 Å². The molecule has 2 aromatic carbocycles. The van der Waals surface area contributed by atoms with Crippen LogP contribution in [0, 0.1) is 0 Å². The smallest absolute Gasteiger partial charge is 0.407 e. The van der Waals surface area contributed by atoms with Gasteiger partial charge in [-0.3, -0.25) is 0 Å². The van der Waals surface area contributed by atoms with Gasteiger partial charge in [0.1, 0.15) is 0 Å². The molecule has 0 unspecified atom stereocenters. The van der Waals surface area contributed by atoms with Gasteiger partial charge in [0.2, 0.25) is 0 Å². The number of halogens is 1. The number of amides is 1. The molecule has 0 spiro atoms. The van der Waals surface area contributed by atoms with Gasteiger partial charge in [-0.15, -0.1) is 0 Å². The highest BCUT2D eigenvalue weighted by atomic mass is 35.5. The Morgan fingerprint density at radius 1 is 1.13 bits per heavy atom. The SMILES string of the molecule is CC(C)(C)N(C(=O)O)C1CCN(C[C@@]23C[C@H](c4ccccc42)c2ccc(Cl)cc23)CC1. The van der Waals surface area contributed by atoms with Crippen LogP contribution in [-0.4, -0.2) is 52.2 Å². The molecule has 2 bridgehead atoms. The van der Waals surface area contributed by atoms with Gasteiger partial charge >= 0.3 is 6.09 Å². The first-order valence-corrected chi connectivity index (χ1v) is 11.7. The van der Waals surface area contributed by atoms with Gasteiger partial charge in [-0.05, 0) is 74.4 Å². The Kier molecular flexibility index (Phi) is 4.87. The molecular formula is C26H31ClN2O2. The molecule has 0 saturated carbocycles. The van der Waals surface area contributed by atoms with E-state index in [1.165, 1.54) is 22.3 Å². The molecule has 1 heterocycles. The minimum atomic E-state index is -0.809. The molecular weight excluding hydrogens is 408 g/mol. The lowest BCUT2D eigenvalue weighted by atomic mass is 9.74. The zero-order valence-corrected chi connectivity index (χ0v) is 19.3. The zero-order valence-electron chi connectivity index (χ0n) is 18.6. The summed E-state index contributed by atoms with van der Waals surface area (Å²) in [6.45, 7) is 8.79. The number of piperidine rings is 1. The molecule has 3 aliphatic rings. The largest absolute Gasteiger partial charge is 0.465 e. The van der Waals surface area contributed by atoms with Crippen molar-refractivity contribution in [3.05, 3.63) is 69.7 Å². The van der Waals surface area contributed by atoms with Crippen LogP contribution in [0.2, 0.25) is 5.02 Å². The maximum absolute atomic E-state index is 11.9. The van der Waals surface area contributed by atoms with Crippen molar-refractivity contribution in [2.75, 3.05) is 19.6 Å². The van der Waals surface area contributed by atoms with Gasteiger partial charge in [-0.1, -0.05) is 41.9 Å². The van der Waals surface area contributed by atoms with Crippen LogP contribution < -0.4 is 0 Å². The summed E-state index contributed by atoms with van der Waals surface area (Å²) in [5.74, 6) is 0.462. The normalized spacial score (nSPS) is 25.4. The van der Waals surface area contributed by atoms with E-state index in [0.717, 1.165) is 43.9 Å². The molecule has 1 N–H and O–H groups in total. The van der Waals surface area contributed by atoms with Crippen LogP contribution in [0.1, 0.15) is 68.2 Å². The van der Waals surface area contributed by atoms with Crippen LogP contribution in [0.4, 0.5) is 4.79 Å². The van der Waals surface area contributed by atoms with Crippen molar-refractivity contribution in [2.45, 2.75) is 62.9 Å². The van der Waals surface area contributed by atoms with Gasteiger partial charge in [-0.25, -0.2) is 4.79 Å². The van der Waals surface area contributed by atoms with Crippen molar-refractivity contribution in [1.82, 2.24) is 9.80 Å². The first-order valence-electron chi connectivity index (χ1n) is 11.3. The average molecular weight is 439 g/mol. The monoisotopic (exact) mass is 438 g/mol. The number of hydrogen-bond acceptors (Lipinski definition) is 2. The van der Waals surface area contributed by atoms with Crippen molar-refractivity contribution in [2.24, 2.45) is 0 Å². The van der Waals surface area contributed by atoms with E-state index in [1.54, 1.807) is 4.90 Å². The number of carboxylic acid groups (broad SMARTS) is 1. The summed E-state index contributed by atoms with van der Waals surface area (Å²) in [4.78, 5) is 16.1. The Balaban J connectivity index is 1.41. The second-order valence-corrected chi connectivity index (χ2v) is 10.9. The van der Waals surface area contributed by atoms with E-state index in [4.69, 9.17) is 11.6 Å². The average Bonchev–Trinajstić information content (AvgIpc) is 3.20. The highest BCUT2D eigenvalue weighted by molar-refractivity contribution is 6.30. The van der Waals surface area contributed by atoms with Crippen molar-refractivity contribution in [3.8, 4) is 0 Å². The molecule has 5 heteroatoms. The third kappa shape index (κ3) is 3.27. The predicted octanol–water partition coefficient (Wildman–Crippen LogP) is 5.72. The third-order valence-electron chi connectivity index (χ3n) is 7.66. The fraction of sp³-hybridized carbons (Fsp3) is 0.500. The zero-order chi connectivity index (χ0) is 22.0. The minimum absolute atomic E-state index is 0.00909. The standard InChI is InChI=1S/C26H31ClN2O2/c1-25(2,3)29(24(30)31)18-10-12-28(13-11-18)16-26-15-21(19-6-4-5-7-22(19)26)20-9-8-17(27)14-23(20)26/h4-9,14,18,21H,10-13,15-16H2,1-3H3,(H,30,31)/t21-,26+/m1/s1. The van der Waals surface area contributed by atoms with E-state index < -0.39 is 6.09 Å². The molecule has 2 aliphatic carbocycles. The Bertz CT molecular complexity index is 1020. The summed E-state index contributed by atoms with van der Waals surface area (Å²) in [6, 6.07) is 15.4. The van der Waals surface area contributed by atoms with E-state index in [0.29, 0.717) is 5.92 Å². The molecule has 4 nitrogen and oxygen atoms in total. The molecule has 1 aliphatic heterocycles. The van der Waals surface area contributed by atoms with Gasteiger partial charge in [-0.2, -0.15) is 0 Å². The van der Waals surface area contributed by atoms with Crippen LogP contribution in [0.25, 0.3) is 0 Å². The van der Waals surface area contributed by atoms with Crippen LogP contribution in [-0.2, 0) is 5.41 Å². The Morgan fingerprint density at radius 3 is 2.48 bits per heavy atom. The fourth-order valence-corrected chi connectivity index (χ4v) is 6.70. The highest BCUT2D eigenvalue weighted by Gasteiger charge is 2.53. The number of likely N-dealkylation sites (tertiary alicyclic amines) is 1. The highest BCUT2D eigenvalue weighted by Crippen LogP contribution is 2.60. The van der Waals surface area contributed by atoms with Crippen LogP contribution >= 0.6 is 11.6 Å². The van der Waals surface area contributed by atoms with Gasteiger partial charge in [0.15, 0.2) is 0 Å². The van der Waals surface area contributed by atoms with Gasteiger partial charge in [0.25, 0.3) is 0 Å². The van der Waals surface area contributed by atoms with E-state index in [-0.39, 0.29) is 17.0 Å². The van der Waals surface area contributed by atoms with Crippen LogP contribution in [0.15, 0.2) is 42.5 Å². The van der Waals surface area contributed by atoms with E-state index in [2.05, 4.69) is 41.3 Å². The summed E-state index contributed by atoms with van der Waals surface area (Å²) in [6.07, 6.45) is 2.07. The Morgan fingerprint density at radius 2 is 1.81 bits per heavy atom. The third-order valence-corrected chi connectivity index (χ3v) is 7.89. The lowest BCUT2D eigenvalue weighted by Crippen LogP contribution is -2.55. The molecule has 1 fully saturated rings. The minimum Gasteiger partial charge on any atom is -0.465 e. The second kappa shape index (κ2) is 7.25. The van der Waals surface area contributed by atoms with Crippen molar-refractivity contribution in [3.63, 3.8) is 0 Å². The lowest BCUT2D eigenvalue weighted by Gasteiger charge is -2.45. The summed E-state index contributed by atoms with van der Waals surface area (Å²) in [5, 5.41) is 10.6. The number of hydrogen-bond donors (Lipinski definition) is 1. The maximum atomic E-state index is 11.9. The van der Waals surface area contributed by atoms with Crippen molar-refractivity contribution in [1.29, 1.82) is 0 Å². The molecule has 2 aromatic rings. The Hall–Kier alpha value is -2.04. The number of fused-ring (bicyclic) bond motifs is 8.